The van der Waals surface area contributed by atoms with Crippen LogP contribution in [0.25, 0.3) is 0 Å². The lowest BCUT2D eigenvalue weighted by Crippen LogP contribution is -2.15. The van der Waals surface area contributed by atoms with E-state index in [0.29, 0.717) is 5.82 Å². The number of anilines is 2. The van der Waals surface area contributed by atoms with Gasteiger partial charge in [0.1, 0.15) is 5.82 Å². The van der Waals surface area contributed by atoms with Gasteiger partial charge in [0, 0.05) is 24.5 Å². The number of amides is 1. The summed E-state index contributed by atoms with van der Waals surface area (Å²) >= 11 is 0. The second-order valence-corrected chi connectivity index (χ2v) is 5.83. The van der Waals surface area contributed by atoms with Crippen molar-refractivity contribution >= 4 is 17.4 Å². The molecule has 1 aromatic carbocycles. The lowest BCUT2D eigenvalue weighted by atomic mass is 10.1. The fourth-order valence-electron chi connectivity index (χ4n) is 2.59. The van der Waals surface area contributed by atoms with Crippen LogP contribution in [0.1, 0.15) is 34.7 Å². The van der Waals surface area contributed by atoms with Gasteiger partial charge >= 0.3 is 0 Å². The molecule has 0 aliphatic heterocycles. The first-order valence-corrected chi connectivity index (χ1v) is 8.00. The number of rotatable bonds is 5. The Kier molecular flexibility index (Phi) is 4.74. The first-order valence-electron chi connectivity index (χ1n) is 8.00. The summed E-state index contributed by atoms with van der Waals surface area (Å²) in [4.78, 5) is 12.2. The molecule has 1 unspecified atom stereocenters. The largest absolute Gasteiger partial charge is 0.362 e. The Balaban J connectivity index is 1.65. The van der Waals surface area contributed by atoms with Gasteiger partial charge < -0.3 is 10.6 Å². The molecule has 0 saturated carbocycles. The molecule has 0 aliphatic carbocycles. The number of nitrogens with one attached hydrogen (secondary N) is 2. The van der Waals surface area contributed by atoms with Gasteiger partial charge in [-0.1, -0.05) is 18.2 Å². The van der Waals surface area contributed by atoms with Gasteiger partial charge in [-0.15, -0.1) is 10.2 Å². The number of aromatic nitrogens is 4. The zero-order chi connectivity index (χ0) is 17.8. The Labute approximate surface area is 146 Å². The van der Waals surface area contributed by atoms with Crippen LogP contribution in [0.2, 0.25) is 0 Å². The summed E-state index contributed by atoms with van der Waals surface area (Å²) in [5, 5.41) is 18.5. The predicted molar refractivity (Wildman–Crippen MR) is 96.4 cm³/mol. The Bertz CT molecular complexity index is 857. The summed E-state index contributed by atoms with van der Waals surface area (Å²) < 4.78 is 1.78. The molecule has 2 heterocycles. The van der Waals surface area contributed by atoms with Gasteiger partial charge in [-0.25, -0.2) is 0 Å². The van der Waals surface area contributed by atoms with Crippen molar-refractivity contribution in [3.8, 4) is 0 Å². The molecular formula is C18H20N6O. The van der Waals surface area contributed by atoms with E-state index in [1.54, 1.807) is 16.8 Å². The normalized spacial score (nSPS) is 11.8. The second kappa shape index (κ2) is 7.12. The third-order valence-electron chi connectivity index (χ3n) is 3.81. The standard InChI is InChI=1S/C18H20N6O/c1-12(15-11-24(3)23-13(15)2)19-17-10-9-16(21-22-17)18(25)20-14-7-5-4-6-8-14/h4-12H,1-3H3,(H,19,22)(H,20,25). The average molecular weight is 336 g/mol. The number of hydrogen-bond donors (Lipinski definition) is 2. The minimum atomic E-state index is -0.290. The third kappa shape index (κ3) is 4.00. The van der Waals surface area contributed by atoms with Crippen LogP contribution >= 0.6 is 0 Å². The molecule has 0 saturated heterocycles. The SMILES string of the molecule is Cc1nn(C)cc1C(C)Nc1ccc(C(=O)Nc2ccccc2)nn1. The van der Waals surface area contributed by atoms with E-state index in [1.807, 2.05) is 57.4 Å². The van der Waals surface area contributed by atoms with Gasteiger partial charge in [0.15, 0.2) is 5.69 Å². The Morgan fingerprint density at radius 3 is 2.48 bits per heavy atom. The summed E-state index contributed by atoms with van der Waals surface area (Å²) in [6, 6.07) is 12.7. The van der Waals surface area contributed by atoms with Crippen LogP contribution in [0.15, 0.2) is 48.7 Å². The molecule has 2 N–H and O–H groups in total. The van der Waals surface area contributed by atoms with Crippen LogP contribution in [0, 0.1) is 6.92 Å². The van der Waals surface area contributed by atoms with Gasteiger partial charge in [-0.2, -0.15) is 5.10 Å². The molecule has 1 amide bonds. The molecule has 2 aromatic heterocycles. The molecule has 0 radical (unpaired) electrons. The van der Waals surface area contributed by atoms with Crippen LogP contribution in [-0.4, -0.2) is 25.9 Å². The Morgan fingerprint density at radius 1 is 1.12 bits per heavy atom. The highest BCUT2D eigenvalue weighted by molar-refractivity contribution is 6.02. The quantitative estimate of drug-likeness (QED) is 0.748. The van der Waals surface area contributed by atoms with Crippen molar-refractivity contribution in [1.29, 1.82) is 0 Å². The van der Waals surface area contributed by atoms with Crippen molar-refractivity contribution in [2.75, 3.05) is 10.6 Å². The Hall–Kier alpha value is -3.22. The van der Waals surface area contributed by atoms with E-state index in [1.165, 1.54) is 0 Å². The summed E-state index contributed by atoms with van der Waals surface area (Å²) in [6.45, 7) is 4.00. The van der Waals surface area contributed by atoms with Crippen molar-refractivity contribution in [3.63, 3.8) is 0 Å². The first kappa shape index (κ1) is 16.6. The van der Waals surface area contributed by atoms with Crippen LogP contribution in [0.5, 0.6) is 0 Å². The minimum absolute atomic E-state index is 0.0343. The fraction of sp³-hybridized carbons (Fsp3) is 0.222. The van der Waals surface area contributed by atoms with E-state index < -0.39 is 0 Å². The van der Waals surface area contributed by atoms with E-state index in [4.69, 9.17) is 0 Å². The molecule has 0 bridgehead atoms. The molecule has 7 heteroatoms. The first-order chi connectivity index (χ1) is 12.0. The van der Waals surface area contributed by atoms with Gasteiger partial charge in [0.2, 0.25) is 0 Å². The van der Waals surface area contributed by atoms with Gasteiger partial charge in [0.25, 0.3) is 5.91 Å². The number of carbonyl (C=O) groups is 1. The van der Waals surface area contributed by atoms with Crippen LogP contribution < -0.4 is 10.6 Å². The second-order valence-electron chi connectivity index (χ2n) is 5.83. The summed E-state index contributed by atoms with van der Waals surface area (Å²) in [6.07, 6.45) is 1.97. The third-order valence-corrected chi connectivity index (χ3v) is 3.81. The molecule has 1 atom stereocenters. The number of hydrogen-bond acceptors (Lipinski definition) is 5. The molecule has 128 valence electrons. The van der Waals surface area contributed by atoms with Crippen LogP contribution in [-0.2, 0) is 7.05 Å². The molecule has 0 fully saturated rings. The maximum absolute atomic E-state index is 12.2. The zero-order valence-electron chi connectivity index (χ0n) is 14.4. The predicted octanol–water partition coefficient (Wildman–Crippen LogP) is 2.94. The highest BCUT2D eigenvalue weighted by Crippen LogP contribution is 2.20. The van der Waals surface area contributed by atoms with Crippen molar-refractivity contribution in [1.82, 2.24) is 20.0 Å². The maximum Gasteiger partial charge on any atom is 0.276 e. The molecule has 3 aromatic rings. The van der Waals surface area contributed by atoms with E-state index in [2.05, 4.69) is 25.9 Å². The smallest absolute Gasteiger partial charge is 0.276 e. The van der Waals surface area contributed by atoms with Crippen molar-refractivity contribution in [2.24, 2.45) is 7.05 Å². The van der Waals surface area contributed by atoms with Crippen LogP contribution in [0.3, 0.4) is 0 Å². The minimum Gasteiger partial charge on any atom is -0.362 e. The summed E-state index contributed by atoms with van der Waals surface area (Å²) in [5.74, 6) is 0.313. The van der Waals surface area contributed by atoms with Gasteiger partial charge in [-0.3, -0.25) is 9.48 Å². The van der Waals surface area contributed by atoms with Crippen LogP contribution in [0.4, 0.5) is 11.5 Å². The number of aryl methyl sites for hydroxylation is 2. The van der Waals surface area contributed by atoms with Crippen molar-refractivity contribution in [2.45, 2.75) is 19.9 Å². The van der Waals surface area contributed by atoms with Crippen molar-refractivity contribution < 1.29 is 4.79 Å². The van der Waals surface area contributed by atoms with E-state index >= 15 is 0 Å². The number of nitrogens with zero attached hydrogens (tertiary/aromatic N) is 4. The van der Waals surface area contributed by atoms with E-state index in [9.17, 15) is 4.79 Å². The Morgan fingerprint density at radius 2 is 1.88 bits per heavy atom. The fourth-order valence-corrected chi connectivity index (χ4v) is 2.59. The molecular weight excluding hydrogens is 316 g/mol. The number of carbonyl (C=O) groups excluding carboxylic acids is 1. The number of para-hydroxylation sites is 1. The molecule has 3 rings (SSSR count). The van der Waals surface area contributed by atoms with Gasteiger partial charge in [0.05, 0.1) is 11.7 Å². The molecule has 7 nitrogen and oxygen atoms in total. The van der Waals surface area contributed by atoms with Crippen molar-refractivity contribution in [3.05, 3.63) is 65.6 Å². The number of benzene rings is 1. The molecule has 25 heavy (non-hydrogen) atoms. The lowest BCUT2D eigenvalue weighted by Gasteiger charge is -2.13. The highest BCUT2D eigenvalue weighted by Gasteiger charge is 2.13. The summed E-state index contributed by atoms with van der Waals surface area (Å²) in [7, 11) is 1.89. The molecule has 0 spiro atoms. The maximum atomic E-state index is 12.2. The zero-order valence-corrected chi connectivity index (χ0v) is 14.4. The molecule has 0 aliphatic rings. The topological polar surface area (TPSA) is 84.7 Å². The van der Waals surface area contributed by atoms with E-state index in [-0.39, 0.29) is 17.6 Å². The highest BCUT2D eigenvalue weighted by atomic mass is 16.1. The van der Waals surface area contributed by atoms with E-state index in [0.717, 1.165) is 16.9 Å². The monoisotopic (exact) mass is 336 g/mol. The lowest BCUT2D eigenvalue weighted by molar-refractivity contribution is 0.102. The van der Waals surface area contributed by atoms with Gasteiger partial charge in [-0.05, 0) is 38.1 Å². The average Bonchev–Trinajstić information content (AvgIpc) is 2.95. The summed E-state index contributed by atoms with van der Waals surface area (Å²) in [5.41, 5.74) is 3.04.